The molecule has 0 atom stereocenters. The number of aryl methyl sites for hydroxylation is 3. The van der Waals surface area contributed by atoms with Gasteiger partial charge in [-0.1, -0.05) is 50.5 Å². The van der Waals surface area contributed by atoms with E-state index in [0.29, 0.717) is 0 Å². The fourth-order valence-electron chi connectivity index (χ4n) is 6.32. The lowest BCUT2D eigenvalue weighted by molar-refractivity contribution is 0.0922. The Bertz CT molecular complexity index is 1400. The van der Waals surface area contributed by atoms with Gasteiger partial charge in [-0.25, -0.2) is 0 Å². The maximum atomic E-state index is 14.1. The maximum Gasteiger partial charge on any atom is 0.269 e. The number of rotatable bonds is 6. The number of ether oxygens (including phenoxy) is 1. The molecule has 0 bridgehead atoms. The Morgan fingerprint density at radius 2 is 1.68 bits per heavy atom. The molecule has 3 heterocycles. The predicted octanol–water partition coefficient (Wildman–Crippen LogP) is 7.04. The molecular weight excluding hydrogens is 458 g/mol. The normalized spacial score (nSPS) is 16.1. The first kappa shape index (κ1) is 23.9. The summed E-state index contributed by atoms with van der Waals surface area (Å²) in [6.45, 7) is 3.13. The molecule has 1 fully saturated rings. The standard InChI is InChI=1S/C32H37N3O2/c1-3-22-12-14-24(15-13-22)29-27-11-7-8-20-34-28(23-16-18-26(37-2)19-17-23)21-35(32(27)34)30(29)31(36)33-25-9-5-4-6-10-25/h12-19,21,25H,3-11,20H2,1-2H3,(H,33,36). The summed E-state index contributed by atoms with van der Waals surface area (Å²) >= 11 is 0. The number of hydrogen-bond donors (Lipinski definition) is 1. The van der Waals surface area contributed by atoms with Gasteiger partial charge < -0.3 is 14.6 Å². The second kappa shape index (κ2) is 10.1. The largest absolute Gasteiger partial charge is 0.497 e. The van der Waals surface area contributed by atoms with E-state index in [0.717, 1.165) is 78.9 Å². The Balaban J connectivity index is 1.55. The molecule has 0 radical (unpaired) electrons. The molecule has 0 spiro atoms. The topological polar surface area (TPSA) is 47.7 Å². The number of carbonyl (C=O) groups is 1. The minimum absolute atomic E-state index is 0.0572. The Morgan fingerprint density at radius 1 is 0.946 bits per heavy atom. The van der Waals surface area contributed by atoms with Crippen molar-refractivity contribution in [2.24, 2.45) is 0 Å². The van der Waals surface area contributed by atoms with E-state index in [1.165, 1.54) is 36.0 Å². The van der Waals surface area contributed by atoms with Crippen LogP contribution < -0.4 is 10.1 Å². The van der Waals surface area contributed by atoms with E-state index in [4.69, 9.17) is 4.74 Å². The van der Waals surface area contributed by atoms with E-state index in [2.05, 4.69) is 63.8 Å². The van der Waals surface area contributed by atoms with Gasteiger partial charge in [-0.15, -0.1) is 0 Å². The molecule has 192 valence electrons. The van der Waals surface area contributed by atoms with E-state index < -0.39 is 0 Å². The van der Waals surface area contributed by atoms with Crippen LogP contribution >= 0.6 is 0 Å². The number of nitrogens with one attached hydrogen (secondary N) is 1. The van der Waals surface area contributed by atoms with Crippen molar-refractivity contribution < 1.29 is 9.53 Å². The van der Waals surface area contributed by atoms with E-state index in [1.807, 2.05) is 12.1 Å². The van der Waals surface area contributed by atoms with Crippen LogP contribution in [0.1, 0.15) is 73.5 Å². The molecule has 5 nitrogen and oxygen atoms in total. The molecule has 37 heavy (non-hydrogen) atoms. The molecule has 2 aliphatic rings. The monoisotopic (exact) mass is 495 g/mol. The first-order chi connectivity index (χ1) is 18.2. The SMILES string of the molecule is CCc1ccc(-c2c3c4n(c(-c5ccc(OC)cc5)cn4c2C(=O)NC2CCCCC2)CCCC3)cc1. The molecule has 2 aromatic heterocycles. The lowest BCUT2D eigenvalue weighted by Crippen LogP contribution is -2.37. The van der Waals surface area contributed by atoms with Crippen molar-refractivity contribution in [2.45, 2.75) is 77.3 Å². The molecule has 0 saturated heterocycles. The lowest BCUT2D eigenvalue weighted by Gasteiger charge is -2.23. The number of aromatic nitrogens is 2. The minimum atomic E-state index is 0.0572. The smallest absolute Gasteiger partial charge is 0.269 e. The van der Waals surface area contributed by atoms with Gasteiger partial charge in [-0.3, -0.25) is 9.20 Å². The highest BCUT2D eigenvalue weighted by Crippen LogP contribution is 2.40. The van der Waals surface area contributed by atoms with Crippen LogP contribution in [0.25, 0.3) is 28.0 Å². The zero-order valence-corrected chi connectivity index (χ0v) is 22.1. The van der Waals surface area contributed by atoms with Gasteiger partial charge in [0.2, 0.25) is 0 Å². The second-order valence-electron chi connectivity index (χ2n) is 10.6. The summed E-state index contributed by atoms with van der Waals surface area (Å²) in [6.07, 6.45) is 12.2. The first-order valence-electron chi connectivity index (χ1n) is 14.0. The molecule has 1 aliphatic heterocycles. The summed E-state index contributed by atoms with van der Waals surface area (Å²) in [7, 11) is 1.70. The number of imidazole rings is 1. The zero-order valence-electron chi connectivity index (χ0n) is 22.1. The Labute approximate surface area is 219 Å². The van der Waals surface area contributed by atoms with E-state index in [-0.39, 0.29) is 11.9 Å². The van der Waals surface area contributed by atoms with Gasteiger partial charge in [0, 0.05) is 29.9 Å². The van der Waals surface area contributed by atoms with Crippen LogP contribution in [-0.2, 0) is 19.4 Å². The first-order valence-corrected chi connectivity index (χ1v) is 14.0. The Hall–Kier alpha value is -3.47. The van der Waals surface area contributed by atoms with Crippen molar-refractivity contribution in [1.29, 1.82) is 0 Å². The molecular formula is C32H37N3O2. The molecule has 4 aromatic rings. The molecule has 0 unspecified atom stereocenters. The maximum absolute atomic E-state index is 14.1. The summed E-state index contributed by atoms with van der Waals surface area (Å²) in [6, 6.07) is 17.4. The van der Waals surface area contributed by atoms with Gasteiger partial charge in [0.05, 0.1) is 12.8 Å². The number of benzene rings is 2. The van der Waals surface area contributed by atoms with E-state index in [1.54, 1.807) is 7.11 Å². The summed E-state index contributed by atoms with van der Waals surface area (Å²) in [5.41, 5.74) is 9.13. The van der Waals surface area contributed by atoms with Gasteiger partial charge >= 0.3 is 0 Å². The van der Waals surface area contributed by atoms with Crippen LogP contribution in [0.3, 0.4) is 0 Å². The lowest BCUT2D eigenvalue weighted by atomic mass is 9.94. The predicted molar refractivity (Wildman–Crippen MR) is 149 cm³/mol. The Morgan fingerprint density at radius 3 is 2.38 bits per heavy atom. The Kier molecular flexibility index (Phi) is 6.54. The third-order valence-electron chi connectivity index (χ3n) is 8.33. The molecule has 1 amide bonds. The fourth-order valence-corrected chi connectivity index (χ4v) is 6.32. The summed E-state index contributed by atoms with van der Waals surface area (Å²) < 4.78 is 10.0. The molecule has 1 saturated carbocycles. The highest BCUT2D eigenvalue weighted by molar-refractivity contribution is 6.03. The van der Waals surface area contributed by atoms with Crippen molar-refractivity contribution in [3.63, 3.8) is 0 Å². The quantitative estimate of drug-likeness (QED) is 0.312. The van der Waals surface area contributed by atoms with Gasteiger partial charge in [-0.2, -0.15) is 0 Å². The van der Waals surface area contributed by atoms with Crippen molar-refractivity contribution in [1.82, 2.24) is 14.3 Å². The fraction of sp³-hybridized carbons (Fsp3) is 0.406. The van der Waals surface area contributed by atoms with Crippen LogP contribution in [0, 0.1) is 0 Å². The van der Waals surface area contributed by atoms with Crippen molar-refractivity contribution in [3.8, 4) is 28.1 Å². The average Bonchev–Trinajstić information content (AvgIpc) is 3.36. The third kappa shape index (κ3) is 4.35. The molecule has 5 heteroatoms. The number of nitrogens with zero attached hydrogens (tertiary/aromatic N) is 2. The van der Waals surface area contributed by atoms with E-state index >= 15 is 0 Å². The molecule has 1 aliphatic carbocycles. The number of hydrogen-bond acceptors (Lipinski definition) is 2. The highest BCUT2D eigenvalue weighted by Gasteiger charge is 2.30. The van der Waals surface area contributed by atoms with Crippen LogP contribution in [-0.4, -0.2) is 28.0 Å². The van der Waals surface area contributed by atoms with Crippen molar-refractivity contribution in [2.75, 3.05) is 7.11 Å². The van der Waals surface area contributed by atoms with Crippen LogP contribution in [0.2, 0.25) is 0 Å². The third-order valence-corrected chi connectivity index (χ3v) is 8.33. The highest BCUT2D eigenvalue weighted by atomic mass is 16.5. The van der Waals surface area contributed by atoms with Crippen molar-refractivity contribution in [3.05, 3.63) is 71.5 Å². The van der Waals surface area contributed by atoms with Gasteiger partial charge in [0.25, 0.3) is 5.91 Å². The zero-order chi connectivity index (χ0) is 25.4. The summed E-state index contributed by atoms with van der Waals surface area (Å²) in [4.78, 5) is 14.1. The van der Waals surface area contributed by atoms with Crippen molar-refractivity contribution >= 4 is 11.6 Å². The summed E-state index contributed by atoms with van der Waals surface area (Å²) in [5, 5.41) is 3.43. The van der Waals surface area contributed by atoms with E-state index in [9.17, 15) is 4.79 Å². The molecule has 2 aromatic carbocycles. The van der Waals surface area contributed by atoms with Crippen LogP contribution in [0.4, 0.5) is 0 Å². The van der Waals surface area contributed by atoms with Crippen LogP contribution in [0.5, 0.6) is 5.75 Å². The van der Waals surface area contributed by atoms with Gasteiger partial charge in [-0.05, 0) is 79.5 Å². The van der Waals surface area contributed by atoms with Gasteiger partial charge in [0.1, 0.15) is 17.1 Å². The van der Waals surface area contributed by atoms with Gasteiger partial charge in [0.15, 0.2) is 0 Å². The minimum Gasteiger partial charge on any atom is -0.497 e. The molecule has 1 N–H and O–H groups in total. The number of amides is 1. The number of carbonyl (C=O) groups excluding carboxylic acids is 1. The summed E-state index contributed by atoms with van der Waals surface area (Å²) in [5.74, 6) is 0.908. The second-order valence-corrected chi connectivity index (χ2v) is 10.6. The molecule has 6 rings (SSSR count). The van der Waals surface area contributed by atoms with Crippen LogP contribution in [0.15, 0.2) is 54.7 Å². The number of methoxy groups -OCH3 is 1. The average molecular weight is 496 g/mol.